The van der Waals surface area contributed by atoms with Gasteiger partial charge in [-0.2, -0.15) is 4.40 Å². The number of carbonyl (C=O) groups excluding carboxylic acids is 1. The molecule has 0 atom stereocenters. The number of benzene rings is 2. The van der Waals surface area contributed by atoms with Crippen molar-refractivity contribution < 1.29 is 14.6 Å². The van der Waals surface area contributed by atoms with Crippen LogP contribution in [0.15, 0.2) is 46.9 Å². The first kappa shape index (κ1) is 20.8. The van der Waals surface area contributed by atoms with Crippen LogP contribution >= 0.6 is 12.1 Å². The Morgan fingerprint density at radius 3 is 2.90 bits per heavy atom. The fourth-order valence-electron chi connectivity index (χ4n) is 3.37. The van der Waals surface area contributed by atoms with Crippen LogP contribution in [0.4, 0.5) is 5.69 Å². The van der Waals surface area contributed by atoms with Gasteiger partial charge in [-0.05, 0) is 57.2 Å². The van der Waals surface area contributed by atoms with E-state index in [0.29, 0.717) is 39.3 Å². The van der Waals surface area contributed by atoms with Gasteiger partial charge in [-0.15, -0.1) is 0 Å². The average molecular weight is 438 g/mol. The Balaban J connectivity index is 1.54. The number of nitrogens with zero attached hydrogens (tertiary/aromatic N) is 2. The van der Waals surface area contributed by atoms with Crippen molar-refractivity contribution in [2.75, 3.05) is 11.3 Å². The average Bonchev–Trinajstić information content (AvgIpc) is 2.72. The number of phenols is 1. The Morgan fingerprint density at radius 1 is 1.29 bits per heavy atom. The Hall–Kier alpha value is -3.46. The molecule has 0 aliphatic carbocycles. The van der Waals surface area contributed by atoms with E-state index < -0.39 is 5.54 Å². The minimum Gasteiger partial charge on any atom is -0.508 e. The van der Waals surface area contributed by atoms with Gasteiger partial charge in [-0.25, -0.2) is 0 Å². The molecule has 0 unspecified atom stereocenters. The summed E-state index contributed by atoms with van der Waals surface area (Å²) < 4.78 is 13.2. The Kier molecular flexibility index (Phi) is 5.36. The molecule has 3 aromatic rings. The lowest BCUT2D eigenvalue weighted by atomic mass is 10.0. The number of carbonyl (C=O) groups is 1. The maximum absolute atomic E-state index is 13.1. The summed E-state index contributed by atoms with van der Waals surface area (Å²) >= 11 is 1.16. The molecule has 1 aliphatic rings. The second-order valence-corrected chi connectivity index (χ2v) is 8.56. The van der Waals surface area contributed by atoms with E-state index in [1.54, 1.807) is 24.3 Å². The summed E-state index contributed by atoms with van der Waals surface area (Å²) in [6, 6.07) is 12.1. The van der Waals surface area contributed by atoms with Crippen molar-refractivity contribution in [3.63, 3.8) is 0 Å². The largest absolute Gasteiger partial charge is 0.508 e. The quantitative estimate of drug-likeness (QED) is 0.451. The molecule has 31 heavy (non-hydrogen) atoms. The minimum absolute atomic E-state index is 0.0784. The van der Waals surface area contributed by atoms with Gasteiger partial charge in [0.25, 0.3) is 5.91 Å². The molecule has 1 aromatic heterocycles. The molecule has 5 N–H and O–H groups in total. The van der Waals surface area contributed by atoms with Crippen LogP contribution in [-0.4, -0.2) is 34.0 Å². The first-order valence-electron chi connectivity index (χ1n) is 9.68. The highest BCUT2D eigenvalue weighted by molar-refractivity contribution is 7.99. The summed E-state index contributed by atoms with van der Waals surface area (Å²) in [7, 11) is 0. The van der Waals surface area contributed by atoms with Crippen molar-refractivity contribution in [2.24, 2.45) is 10.1 Å². The van der Waals surface area contributed by atoms with Crippen molar-refractivity contribution >= 4 is 40.5 Å². The van der Waals surface area contributed by atoms with Crippen molar-refractivity contribution in [2.45, 2.75) is 26.3 Å². The summed E-state index contributed by atoms with van der Waals surface area (Å²) in [6.45, 7) is 5.79. The summed E-state index contributed by atoms with van der Waals surface area (Å²) in [5, 5.41) is 13.5. The lowest BCUT2D eigenvalue weighted by Gasteiger charge is -2.28. The van der Waals surface area contributed by atoms with E-state index in [1.807, 2.05) is 39.0 Å². The van der Waals surface area contributed by atoms with Crippen LogP contribution in [0, 0.1) is 6.92 Å². The first-order valence-corrected chi connectivity index (χ1v) is 10.5. The molecule has 0 saturated heterocycles. The van der Waals surface area contributed by atoms with Crippen molar-refractivity contribution in [3.8, 4) is 11.5 Å². The summed E-state index contributed by atoms with van der Waals surface area (Å²) in [5.74, 6) is 0.775. The molecule has 4 rings (SSSR count). The summed E-state index contributed by atoms with van der Waals surface area (Å²) in [6.07, 6.45) is 0. The van der Waals surface area contributed by atoms with Crippen LogP contribution in [-0.2, 0) is 0 Å². The number of ether oxygens (including phenoxy) is 1. The second-order valence-electron chi connectivity index (χ2n) is 7.99. The lowest BCUT2D eigenvalue weighted by Crippen LogP contribution is -2.48. The first-order chi connectivity index (χ1) is 14.7. The van der Waals surface area contributed by atoms with E-state index in [2.05, 4.69) is 19.4 Å². The van der Waals surface area contributed by atoms with E-state index in [1.165, 1.54) is 0 Å². The fraction of sp³-hybridized carbons (Fsp3) is 0.227. The molecule has 8 nitrogen and oxygen atoms in total. The maximum atomic E-state index is 13.1. The molecule has 0 fully saturated rings. The molecule has 0 saturated carbocycles. The number of rotatable bonds is 5. The zero-order valence-electron chi connectivity index (χ0n) is 17.4. The fourth-order valence-corrected chi connectivity index (χ4v) is 3.87. The predicted octanol–water partition coefficient (Wildman–Crippen LogP) is 3.53. The number of phenolic OH excluding ortho intramolecular Hbond substituents is 1. The summed E-state index contributed by atoms with van der Waals surface area (Å²) in [5.41, 5.74) is 8.68. The predicted molar refractivity (Wildman–Crippen MR) is 124 cm³/mol. The molecule has 2 aromatic carbocycles. The van der Waals surface area contributed by atoms with Gasteiger partial charge in [0.2, 0.25) is 0 Å². The Bertz CT molecular complexity index is 1210. The number of hydrogen-bond donors (Lipinski definition) is 4. The SMILES string of the molecule is Cc1cc(C(=O)NC(C)(C)COc2cccc3c2C(N)=NSN3)c2cc(O)ccc2n1. The molecule has 2 heterocycles. The lowest BCUT2D eigenvalue weighted by molar-refractivity contribution is 0.0882. The standard InChI is InChI=1S/C22H23N5O3S/c1-12-9-15(14-10-13(28)7-8-16(14)24-12)21(29)25-22(2,3)11-30-18-6-4-5-17-19(18)20(23)27-31-26-17/h4-10,26,28H,11H2,1-3H3,(H2,23,27)(H,25,29). The van der Waals surface area contributed by atoms with Crippen molar-refractivity contribution in [3.05, 3.63) is 59.3 Å². The molecule has 1 aliphatic heterocycles. The molecule has 160 valence electrons. The number of aromatic hydroxyl groups is 1. The number of nitrogens with one attached hydrogen (secondary N) is 2. The van der Waals surface area contributed by atoms with Gasteiger partial charge in [0.1, 0.15) is 23.9 Å². The molecular formula is C22H23N5O3S. The number of nitrogens with two attached hydrogens (primary N) is 1. The third kappa shape index (κ3) is 4.36. The van der Waals surface area contributed by atoms with Gasteiger partial charge in [-0.3, -0.25) is 9.78 Å². The Morgan fingerprint density at radius 2 is 2.10 bits per heavy atom. The number of hydrogen-bond acceptors (Lipinski definition) is 8. The highest BCUT2D eigenvalue weighted by Gasteiger charge is 2.25. The number of aromatic nitrogens is 1. The number of amidine groups is 1. The van der Waals surface area contributed by atoms with Crippen LogP contribution in [0.2, 0.25) is 0 Å². The van der Waals surface area contributed by atoms with Gasteiger partial charge in [0.05, 0.1) is 40.0 Å². The van der Waals surface area contributed by atoms with E-state index in [0.717, 1.165) is 17.8 Å². The van der Waals surface area contributed by atoms with Gasteiger partial charge in [0, 0.05) is 11.1 Å². The third-order valence-electron chi connectivity index (χ3n) is 4.79. The van der Waals surface area contributed by atoms with Crippen LogP contribution in [0.25, 0.3) is 10.9 Å². The number of amides is 1. The minimum atomic E-state index is -0.692. The second kappa shape index (κ2) is 7.99. The Labute approximate surface area is 184 Å². The molecule has 0 bridgehead atoms. The van der Waals surface area contributed by atoms with Crippen LogP contribution < -0.4 is 20.5 Å². The normalized spacial score (nSPS) is 13.2. The highest BCUT2D eigenvalue weighted by atomic mass is 32.2. The molecule has 0 spiro atoms. The van der Waals surface area contributed by atoms with E-state index in [-0.39, 0.29) is 18.3 Å². The summed E-state index contributed by atoms with van der Waals surface area (Å²) in [4.78, 5) is 17.5. The van der Waals surface area contributed by atoms with Crippen molar-refractivity contribution in [1.82, 2.24) is 10.3 Å². The number of fused-ring (bicyclic) bond motifs is 2. The number of anilines is 1. The molecule has 1 amide bonds. The molecular weight excluding hydrogens is 414 g/mol. The van der Waals surface area contributed by atoms with Crippen LogP contribution in [0.5, 0.6) is 11.5 Å². The number of aryl methyl sites for hydroxylation is 1. The highest BCUT2D eigenvalue weighted by Crippen LogP contribution is 2.32. The smallest absolute Gasteiger partial charge is 0.252 e. The van der Waals surface area contributed by atoms with Gasteiger partial charge in [-0.1, -0.05) is 6.07 Å². The zero-order valence-corrected chi connectivity index (χ0v) is 18.2. The number of pyridine rings is 1. The van der Waals surface area contributed by atoms with E-state index in [4.69, 9.17) is 10.5 Å². The maximum Gasteiger partial charge on any atom is 0.252 e. The van der Waals surface area contributed by atoms with Crippen LogP contribution in [0.1, 0.15) is 35.5 Å². The molecule has 9 heteroatoms. The topological polar surface area (TPSA) is 122 Å². The zero-order chi connectivity index (χ0) is 22.2. The van der Waals surface area contributed by atoms with Crippen molar-refractivity contribution in [1.29, 1.82) is 0 Å². The van der Waals surface area contributed by atoms with E-state index in [9.17, 15) is 9.90 Å². The third-order valence-corrected chi connectivity index (χ3v) is 5.39. The van der Waals surface area contributed by atoms with Crippen LogP contribution in [0.3, 0.4) is 0 Å². The van der Waals surface area contributed by atoms with Gasteiger partial charge in [0.15, 0.2) is 0 Å². The monoisotopic (exact) mass is 437 g/mol. The van der Waals surface area contributed by atoms with E-state index >= 15 is 0 Å². The molecule has 0 radical (unpaired) electrons. The van der Waals surface area contributed by atoms with Gasteiger partial charge < -0.3 is 25.6 Å². The van der Waals surface area contributed by atoms with Gasteiger partial charge >= 0.3 is 0 Å².